The molecular weight excluding hydrogens is 126 g/mol. The normalized spacial score (nSPS) is 15.7. The first-order valence-electron chi connectivity index (χ1n) is 3.72. The number of hydrogen-bond donors (Lipinski definition) is 1. The molecular formula is C7H19NSi. The molecule has 0 aromatic carbocycles. The van der Waals surface area contributed by atoms with Crippen LogP contribution in [0.5, 0.6) is 0 Å². The molecule has 0 aliphatic carbocycles. The predicted molar refractivity (Wildman–Crippen MR) is 46.4 cm³/mol. The molecule has 1 nitrogen and oxygen atoms in total. The first-order chi connectivity index (χ1) is 4.02. The van der Waals surface area contributed by atoms with Crippen molar-refractivity contribution >= 4 is 8.07 Å². The van der Waals surface area contributed by atoms with Crippen LogP contribution in [0.2, 0.25) is 25.2 Å². The molecule has 0 amide bonds. The molecule has 0 aliphatic heterocycles. The third-order valence-electron chi connectivity index (χ3n) is 2.00. The molecule has 0 spiro atoms. The Kier molecular flexibility index (Phi) is 3.44. The molecule has 2 N–H and O–H groups in total. The van der Waals surface area contributed by atoms with E-state index < -0.39 is 8.07 Å². The minimum Gasteiger partial charge on any atom is -0.330 e. The van der Waals surface area contributed by atoms with Gasteiger partial charge in [0, 0.05) is 8.07 Å². The zero-order chi connectivity index (χ0) is 7.49. The summed E-state index contributed by atoms with van der Waals surface area (Å²) in [6.07, 6.45) is 1.26. The molecule has 1 unspecified atom stereocenters. The zero-order valence-corrected chi connectivity index (χ0v) is 8.07. The molecule has 0 rings (SSSR count). The van der Waals surface area contributed by atoms with E-state index in [0.717, 1.165) is 12.1 Å². The molecule has 0 aliphatic rings. The average Bonchev–Trinajstić information content (AvgIpc) is 1.65. The van der Waals surface area contributed by atoms with Crippen molar-refractivity contribution < 1.29 is 0 Å². The van der Waals surface area contributed by atoms with Gasteiger partial charge in [-0.15, -0.1) is 0 Å². The largest absolute Gasteiger partial charge is 0.330 e. The molecule has 0 aromatic heterocycles. The summed E-state index contributed by atoms with van der Waals surface area (Å²) >= 11 is 0. The molecule has 0 saturated heterocycles. The van der Waals surface area contributed by atoms with Gasteiger partial charge in [-0.2, -0.15) is 0 Å². The molecule has 0 heterocycles. The van der Waals surface area contributed by atoms with E-state index in [-0.39, 0.29) is 0 Å². The van der Waals surface area contributed by atoms with E-state index in [2.05, 4.69) is 26.6 Å². The molecule has 1 atom stereocenters. The molecule has 0 radical (unpaired) electrons. The lowest BCUT2D eigenvalue weighted by Gasteiger charge is -2.25. The van der Waals surface area contributed by atoms with Crippen molar-refractivity contribution in [3.63, 3.8) is 0 Å². The van der Waals surface area contributed by atoms with Crippen LogP contribution in [0.3, 0.4) is 0 Å². The average molecular weight is 145 g/mol. The Hall–Kier alpha value is 0.177. The number of nitrogens with two attached hydrogens (primary N) is 1. The molecule has 0 saturated carbocycles. The number of hydrogen-bond acceptors (Lipinski definition) is 1. The van der Waals surface area contributed by atoms with Crippen molar-refractivity contribution in [3.8, 4) is 0 Å². The summed E-state index contributed by atoms with van der Waals surface area (Å²) < 4.78 is 0. The van der Waals surface area contributed by atoms with E-state index in [1.807, 2.05) is 0 Å². The highest BCUT2D eigenvalue weighted by Crippen LogP contribution is 2.22. The fourth-order valence-electron chi connectivity index (χ4n) is 1.13. The Bertz CT molecular complexity index is 71.5. The van der Waals surface area contributed by atoms with Gasteiger partial charge >= 0.3 is 0 Å². The van der Waals surface area contributed by atoms with Crippen LogP contribution >= 0.6 is 0 Å². The Morgan fingerprint density at radius 1 is 1.33 bits per heavy atom. The second kappa shape index (κ2) is 3.37. The van der Waals surface area contributed by atoms with Gasteiger partial charge in [0.2, 0.25) is 0 Å². The maximum Gasteiger partial charge on any atom is 0.0486 e. The Morgan fingerprint density at radius 3 is 1.78 bits per heavy atom. The minimum atomic E-state index is -0.912. The van der Waals surface area contributed by atoms with E-state index in [1.54, 1.807) is 0 Å². The molecule has 0 fully saturated rings. The van der Waals surface area contributed by atoms with Crippen molar-refractivity contribution in [3.05, 3.63) is 0 Å². The van der Waals surface area contributed by atoms with Gasteiger partial charge in [-0.3, -0.25) is 0 Å². The van der Waals surface area contributed by atoms with E-state index >= 15 is 0 Å². The van der Waals surface area contributed by atoms with Crippen LogP contribution in [0.1, 0.15) is 13.3 Å². The van der Waals surface area contributed by atoms with Crippen LogP contribution in [0.25, 0.3) is 0 Å². The first kappa shape index (κ1) is 9.18. The maximum absolute atomic E-state index is 5.60. The summed E-state index contributed by atoms with van der Waals surface area (Å²) in [7, 11) is -0.912. The van der Waals surface area contributed by atoms with Crippen LogP contribution in [0, 0.1) is 0 Å². The summed E-state index contributed by atoms with van der Waals surface area (Å²) in [5.74, 6) is 0. The van der Waals surface area contributed by atoms with E-state index in [1.165, 1.54) is 6.42 Å². The van der Waals surface area contributed by atoms with Gasteiger partial charge in [-0.25, -0.2) is 0 Å². The van der Waals surface area contributed by atoms with Gasteiger partial charge in [-0.1, -0.05) is 33.0 Å². The lowest BCUT2D eigenvalue weighted by atomic mass is 10.3. The van der Waals surface area contributed by atoms with Crippen molar-refractivity contribution in [2.75, 3.05) is 6.54 Å². The van der Waals surface area contributed by atoms with Gasteiger partial charge < -0.3 is 5.73 Å². The molecule has 56 valence electrons. The van der Waals surface area contributed by atoms with E-state index in [4.69, 9.17) is 5.73 Å². The van der Waals surface area contributed by atoms with Crippen molar-refractivity contribution in [2.45, 2.75) is 38.5 Å². The summed E-state index contributed by atoms with van der Waals surface area (Å²) in [4.78, 5) is 0. The number of rotatable bonds is 3. The Labute approximate surface area is 59.6 Å². The molecule has 9 heavy (non-hydrogen) atoms. The van der Waals surface area contributed by atoms with Crippen LogP contribution in [0.15, 0.2) is 0 Å². The van der Waals surface area contributed by atoms with Crippen LogP contribution in [-0.4, -0.2) is 14.6 Å². The second-order valence-electron chi connectivity index (χ2n) is 3.71. The third-order valence-corrected chi connectivity index (χ3v) is 5.10. The van der Waals surface area contributed by atoms with Crippen molar-refractivity contribution in [2.24, 2.45) is 5.73 Å². The summed E-state index contributed by atoms with van der Waals surface area (Å²) in [6.45, 7) is 10.3. The first-order valence-corrected chi connectivity index (χ1v) is 7.30. The summed E-state index contributed by atoms with van der Waals surface area (Å²) in [5, 5.41) is 0. The van der Waals surface area contributed by atoms with Crippen LogP contribution in [-0.2, 0) is 0 Å². The zero-order valence-electron chi connectivity index (χ0n) is 7.07. The maximum atomic E-state index is 5.60. The monoisotopic (exact) mass is 145 g/mol. The van der Waals surface area contributed by atoms with Crippen LogP contribution in [0.4, 0.5) is 0 Å². The highest BCUT2D eigenvalue weighted by molar-refractivity contribution is 6.77. The third kappa shape index (κ3) is 3.01. The summed E-state index contributed by atoms with van der Waals surface area (Å²) in [6, 6.07) is 0. The van der Waals surface area contributed by atoms with Gasteiger partial charge in [0.15, 0.2) is 0 Å². The fourth-order valence-corrected chi connectivity index (χ4v) is 3.06. The Balaban J connectivity index is 3.79. The van der Waals surface area contributed by atoms with Gasteiger partial charge in [-0.05, 0) is 12.1 Å². The van der Waals surface area contributed by atoms with Gasteiger partial charge in [0.25, 0.3) is 0 Å². The smallest absolute Gasteiger partial charge is 0.0486 e. The van der Waals surface area contributed by atoms with Crippen molar-refractivity contribution in [1.29, 1.82) is 0 Å². The molecule has 2 heteroatoms. The minimum absolute atomic E-state index is 0.817. The topological polar surface area (TPSA) is 26.0 Å². The summed E-state index contributed by atoms with van der Waals surface area (Å²) in [5.41, 5.74) is 6.42. The van der Waals surface area contributed by atoms with Crippen molar-refractivity contribution in [1.82, 2.24) is 0 Å². The van der Waals surface area contributed by atoms with E-state index in [0.29, 0.717) is 0 Å². The standard InChI is InChI=1S/C7H19NSi/c1-5-7(6-8)9(2,3)4/h7H,5-6,8H2,1-4H3. The fraction of sp³-hybridized carbons (Fsp3) is 1.00. The predicted octanol–water partition coefficient (Wildman–Crippen LogP) is 2.06. The highest BCUT2D eigenvalue weighted by atomic mass is 28.3. The second-order valence-corrected chi connectivity index (χ2v) is 9.26. The van der Waals surface area contributed by atoms with Gasteiger partial charge in [0.1, 0.15) is 0 Å². The van der Waals surface area contributed by atoms with Crippen LogP contribution < -0.4 is 5.73 Å². The molecule has 0 aromatic rings. The Morgan fingerprint density at radius 2 is 1.78 bits per heavy atom. The van der Waals surface area contributed by atoms with E-state index in [9.17, 15) is 0 Å². The van der Waals surface area contributed by atoms with Gasteiger partial charge in [0.05, 0.1) is 0 Å². The molecule has 0 bridgehead atoms. The highest BCUT2D eigenvalue weighted by Gasteiger charge is 2.22. The SMILES string of the molecule is CCC(CN)[Si](C)(C)C. The lowest BCUT2D eigenvalue weighted by Crippen LogP contribution is -2.32. The quantitative estimate of drug-likeness (QED) is 0.604. The lowest BCUT2D eigenvalue weighted by molar-refractivity contribution is 0.772.